The Kier molecular flexibility index (Phi) is 3.57. The summed E-state index contributed by atoms with van der Waals surface area (Å²) in [6.45, 7) is 0. The zero-order chi connectivity index (χ0) is 16.6. The van der Waals surface area contributed by atoms with E-state index in [1.54, 1.807) is 0 Å². The third-order valence-electron chi connectivity index (χ3n) is 3.15. The molecule has 0 aliphatic rings. The molecule has 1 heterocycles. The highest BCUT2D eigenvalue weighted by molar-refractivity contribution is 5.93. The first-order valence-electron chi connectivity index (χ1n) is 6.38. The Morgan fingerprint density at radius 2 is 1.74 bits per heavy atom. The number of carboxylic acid groups (broad SMARTS) is 1. The molecule has 3 aromatic rings. The fourth-order valence-electron chi connectivity index (χ4n) is 2.12. The number of aromatic carboxylic acids is 1. The zero-order valence-electron chi connectivity index (χ0n) is 11.4. The van der Waals surface area contributed by atoms with E-state index in [1.165, 1.54) is 24.3 Å². The third-order valence-corrected chi connectivity index (χ3v) is 3.15. The van der Waals surface area contributed by atoms with Gasteiger partial charge in [0.25, 0.3) is 0 Å². The van der Waals surface area contributed by atoms with E-state index in [4.69, 9.17) is 0 Å². The molecule has 3 rings (SSSR count). The second kappa shape index (κ2) is 5.56. The lowest BCUT2D eigenvalue weighted by Gasteiger charge is -2.08. The largest absolute Gasteiger partial charge is 0.476 e. The molecule has 1 N–H and O–H groups in total. The summed E-state index contributed by atoms with van der Waals surface area (Å²) < 4.78 is 41.5. The molecule has 116 valence electrons. The third kappa shape index (κ3) is 2.54. The molecule has 5 nitrogen and oxygen atoms in total. The maximum atomic E-state index is 14.0. The number of hydrogen-bond acceptors (Lipinski definition) is 3. The van der Waals surface area contributed by atoms with Crippen LogP contribution in [0.2, 0.25) is 0 Å². The summed E-state index contributed by atoms with van der Waals surface area (Å²) >= 11 is 0. The molecular formula is C15H8F3N3O2. The topological polar surface area (TPSA) is 68.0 Å². The molecule has 0 aliphatic carbocycles. The minimum absolute atomic E-state index is 0.00885. The van der Waals surface area contributed by atoms with Gasteiger partial charge in [0, 0.05) is 5.56 Å². The summed E-state index contributed by atoms with van der Waals surface area (Å²) in [6, 6.07) is 8.31. The summed E-state index contributed by atoms with van der Waals surface area (Å²) in [5.41, 5.74) is -0.706. The van der Waals surface area contributed by atoms with Crippen molar-refractivity contribution in [1.29, 1.82) is 0 Å². The van der Waals surface area contributed by atoms with Gasteiger partial charge in [-0.25, -0.2) is 22.6 Å². The molecule has 8 heteroatoms. The van der Waals surface area contributed by atoms with Crippen LogP contribution in [0.25, 0.3) is 16.9 Å². The summed E-state index contributed by atoms with van der Waals surface area (Å²) in [4.78, 5) is 11.3. The van der Waals surface area contributed by atoms with Gasteiger partial charge in [-0.05, 0) is 30.3 Å². The van der Waals surface area contributed by atoms with E-state index in [0.29, 0.717) is 0 Å². The van der Waals surface area contributed by atoms with Crippen molar-refractivity contribution in [3.05, 3.63) is 65.6 Å². The van der Waals surface area contributed by atoms with Crippen molar-refractivity contribution in [2.75, 3.05) is 0 Å². The van der Waals surface area contributed by atoms with Gasteiger partial charge >= 0.3 is 5.97 Å². The van der Waals surface area contributed by atoms with Crippen molar-refractivity contribution >= 4 is 5.97 Å². The fraction of sp³-hybridized carbons (Fsp3) is 0. The molecule has 0 fully saturated rings. The highest BCUT2D eigenvalue weighted by Gasteiger charge is 2.23. The van der Waals surface area contributed by atoms with Crippen LogP contribution in [0.5, 0.6) is 0 Å². The van der Waals surface area contributed by atoms with Gasteiger partial charge < -0.3 is 5.11 Å². The minimum Gasteiger partial charge on any atom is -0.476 e. The van der Waals surface area contributed by atoms with Crippen molar-refractivity contribution in [2.45, 2.75) is 0 Å². The van der Waals surface area contributed by atoms with E-state index < -0.39 is 29.1 Å². The van der Waals surface area contributed by atoms with Gasteiger partial charge in [0.1, 0.15) is 17.2 Å². The van der Waals surface area contributed by atoms with Crippen LogP contribution < -0.4 is 0 Å². The van der Waals surface area contributed by atoms with Gasteiger partial charge in [-0.2, -0.15) is 0 Å². The molecular weight excluding hydrogens is 311 g/mol. The Bertz CT molecular complexity index is 909. The van der Waals surface area contributed by atoms with Crippen LogP contribution in [0.15, 0.2) is 42.5 Å². The molecule has 23 heavy (non-hydrogen) atoms. The van der Waals surface area contributed by atoms with Crippen molar-refractivity contribution in [3.63, 3.8) is 0 Å². The SMILES string of the molecule is O=C(O)c1nnn(-c2ccccc2F)c1-c1ccc(F)c(F)c1. The first-order valence-corrected chi connectivity index (χ1v) is 6.38. The van der Waals surface area contributed by atoms with E-state index in [-0.39, 0.29) is 16.9 Å². The van der Waals surface area contributed by atoms with Crippen molar-refractivity contribution < 1.29 is 23.1 Å². The number of carboxylic acids is 1. The Morgan fingerprint density at radius 1 is 1.00 bits per heavy atom. The van der Waals surface area contributed by atoms with Crippen molar-refractivity contribution in [2.24, 2.45) is 0 Å². The smallest absolute Gasteiger partial charge is 0.358 e. The Balaban J connectivity index is 2.29. The number of halogens is 3. The van der Waals surface area contributed by atoms with Gasteiger partial charge in [-0.3, -0.25) is 0 Å². The number of hydrogen-bond donors (Lipinski definition) is 1. The molecule has 0 amide bonds. The number of nitrogens with zero attached hydrogens (tertiary/aromatic N) is 3. The molecule has 0 saturated heterocycles. The average molecular weight is 319 g/mol. The number of benzene rings is 2. The molecule has 1 aromatic heterocycles. The van der Waals surface area contributed by atoms with Crippen LogP contribution in [0.3, 0.4) is 0 Å². The molecule has 0 unspecified atom stereocenters. The first-order chi connectivity index (χ1) is 11.0. The van der Waals surface area contributed by atoms with Gasteiger partial charge in [-0.1, -0.05) is 17.3 Å². The molecule has 0 spiro atoms. The highest BCUT2D eigenvalue weighted by atomic mass is 19.2. The molecule has 0 bridgehead atoms. The van der Waals surface area contributed by atoms with Crippen LogP contribution in [0, 0.1) is 17.5 Å². The molecule has 0 saturated carbocycles. The molecule has 0 radical (unpaired) electrons. The first kappa shape index (κ1) is 14.8. The molecule has 2 aromatic carbocycles. The summed E-state index contributed by atoms with van der Waals surface area (Å²) in [6.07, 6.45) is 0. The van der Waals surface area contributed by atoms with E-state index in [2.05, 4.69) is 10.3 Å². The minimum atomic E-state index is -1.42. The normalized spacial score (nSPS) is 10.7. The van der Waals surface area contributed by atoms with E-state index in [9.17, 15) is 23.1 Å². The monoisotopic (exact) mass is 319 g/mol. The Morgan fingerprint density at radius 3 is 2.39 bits per heavy atom. The second-order valence-electron chi connectivity index (χ2n) is 4.58. The number of aromatic nitrogens is 3. The van der Waals surface area contributed by atoms with Gasteiger partial charge in [0.2, 0.25) is 0 Å². The predicted octanol–water partition coefficient (Wildman–Crippen LogP) is 3.05. The Labute approximate surface area is 127 Å². The zero-order valence-corrected chi connectivity index (χ0v) is 11.4. The molecule has 0 atom stereocenters. The standard InChI is InChI=1S/C15H8F3N3O2/c16-9-6-5-8(7-11(9)18)14-13(15(22)23)19-20-21(14)12-4-2-1-3-10(12)17/h1-7H,(H,22,23). The lowest BCUT2D eigenvalue weighted by atomic mass is 10.1. The second-order valence-corrected chi connectivity index (χ2v) is 4.58. The Hall–Kier alpha value is -3.16. The lowest BCUT2D eigenvalue weighted by molar-refractivity contribution is 0.0691. The van der Waals surface area contributed by atoms with E-state index >= 15 is 0 Å². The van der Waals surface area contributed by atoms with Crippen LogP contribution in [0.1, 0.15) is 10.5 Å². The number of rotatable bonds is 3. The number of para-hydroxylation sites is 1. The maximum absolute atomic E-state index is 14.0. The van der Waals surface area contributed by atoms with Crippen LogP contribution in [-0.2, 0) is 0 Å². The predicted molar refractivity (Wildman–Crippen MR) is 73.6 cm³/mol. The van der Waals surface area contributed by atoms with Crippen molar-refractivity contribution in [3.8, 4) is 16.9 Å². The van der Waals surface area contributed by atoms with Gasteiger partial charge in [0.15, 0.2) is 17.3 Å². The van der Waals surface area contributed by atoms with Crippen LogP contribution in [0.4, 0.5) is 13.2 Å². The molecule has 0 aliphatic heterocycles. The van der Waals surface area contributed by atoms with Gasteiger partial charge in [0.05, 0.1) is 0 Å². The maximum Gasteiger partial charge on any atom is 0.358 e. The lowest BCUT2D eigenvalue weighted by Crippen LogP contribution is -2.05. The summed E-state index contributed by atoms with van der Waals surface area (Å²) in [5.74, 6) is -4.35. The van der Waals surface area contributed by atoms with Crippen LogP contribution in [-0.4, -0.2) is 26.1 Å². The number of carbonyl (C=O) groups is 1. The van der Waals surface area contributed by atoms with E-state index in [0.717, 1.165) is 22.9 Å². The van der Waals surface area contributed by atoms with Gasteiger partial charge in [-0.15, -0.1) is 5.10 Å². The van der Waals surface area contributed by atoms with Crippen molar-refractivity contribution in [1.82, 2.24) is 15.0 Å². The summed E-state index contributed by atoms with van der Waals surface area (Å²) in [5, 5.41) is 16.3. The fourth-order valence-corrected chi connectivity index (χ4v) is 2.12. The van der Waals surface area contributed by atoms with Crippen LogP contribution >= 0.6 is 0 Å². The average Bonchev–Trinajstić information content (AvgIpc) is 2.95. The highest BCUT2D eigenvalue weighted by Crippen LogP contribution is 2.27. The quantitative estimate of drug-likeness (QED) is 0.805. The summed E-state index contributed by atoms with van der Waals surface area (Å²) in [7, 11) is 0. The van der Waals surface area contributed by atoms with E-state index in [1.807, 2.05) is 0 Å².